The van der Waals surface area contributed by atoms with Crippen LogP contribution in [0.3, 0.4) is 0 Å². The molecule has 26 heavy (non-hydrogen) atoms. The first-order valence-corrected chi connectivity index (χ1v) is 9.45. The summed E-state index contributed by atoms with van der Waals surface area (Å²) in [6.07, 6.45) is 0. The first-order valence-electron chi connectivity index (χ1n) is 8.66. The molecule has 124 valence electrons. The molecule has 1 heterocycles. The highest BCUT2D eigenvalue weighted by Crippen LogP contribution is 2.34. The lowest BCUT2D eigenvalue weighted by atomic mass is 10.1. The van der Waals surface area contributed by atoms with Gasteiger partial charge in [-0.2, -0.15) is 0 Å². The molecule has 0 bridgehead atoms. The number of para-hydroxylation sites is 1. The van der Waals surface area contributed by atoms with Gasteiger partial charge in [-0.15, -0.1) is 0 Å². The van der Waals surface area contributed by atoms with Gasteiger partial charge < -0.3 is 4.57 Å². The van der Waals surface area contributed by atoms with Gasteiger partial charge in [-0.3, -0.25) is 0 Å². The summed E-state index contributed by atoms with van der Waals surface area (Å²) in [5, 5.41) is 2.54. The maximum absolute atomic E-state index is 3.62. The summed E-state index contributed by atoms with van der Waals surface area (Å²) in [5.41, 5.74) is 6.09. The first kappa shape index (κ1) is 15.4. The third kappa shape index (κ3) is 2.46. The van der Waals surface area contributed by atoms with E-state index in [1.165, 1.54) is 38.6 Å². The van der Waals surface area contributed by atoms with E-state index in [-0.39, 0.29) is 0 Å². The monoisotopic (exact) mass is 397 g/mol. The van der Waals surface area contributed by atoms with Crippen LogP contribution in [0.1, 0.15) is 0 Å². The van der Waals surface area contributed by atoms with Gasteiger partial charge in [0.05, 0.1) is 11.0 Å². The molecule has 4 aromatic carbocycles. The fraction of sp³-hybridized carbons (Fsp3) is 0. The molecule has 0 unspecified atom stereocenters. The molecule has 5 rings (SSSR count). The van der Waals surface area contributed by atoms with Crippen molar-refractivity contribution in [2.24, 2.45) is 0 Å². The molecule has 0 aliphatic heterocycles. The highest BCUT2D eigenvalue weighted by molar-refractivity contribution is 9.10. The van der Waals surface area contributed by atoms with Crippen LogP contribution in [0.5, 0.6) is 0 Å². The fourth-order valence-electron chi connectivity index (χ4n) is 3.68. The van der Waals surface area contributed by atoms with E-state index < -0.39 is 0 Å². The summed E-state index contributed by atoms with van der Waals surface area (Å²) < 4.78 is 3.45. The van der Waals surface area contributed by atoms with Crippen LogP contribution in [0.4, 0.5) is 0 Å². The summed E-state index contributed by atoms with van der Waals surface area (Å²) in [4.78, 5) is 0. The van der Waals surface area contributed by atoms with Crippen molar-refractivity contribution in [3.63, 3.8) is 0 Å². The van der Waals surface area contributed by atoms with Gasteiger partial charge >= 0.3 is 0 Å². The van der Waals surface area contributed by atoms with Crippen LogP contribution in [0.25, 0.3) is 38.6 Å². The van der Waals surface area contributed by atoms with Crippen molar-refractivity contribution in [2.45, 2.75) is 0 Å². The highest BCUT2D eigenvalue weighted by Gasteiger charge is 2.12. The predicted octanol–water partition coefficient (Wildman–Crippen LogP) is 7.21. The van der Waals surface area contributed by atoms with Gasteiger partial charge in [-0.05, 0) is 47.5 Å². The lowest BCUT2D eigenvalue weighted by Gasteiger charge is -2.10. The number of benzene rings is 4. The Morgan fingerprint density at radius 3 is 2.15 bits per heavy atom. The Hall–Kier alpha value is -2.84. The Balaban J connectivity index is 1.82. The average molecular weight is 398 g/mol. The highest BCUT2D eigenvalue weighted by atomic mass is 79.9. The lowest BCUT2D eigenvalue weighted by molar-refractivity contribution is 1.18. The van der Waals surface area contributed by atoms with Gasteiger partial charge in [-0.25, -0.2) is 0 Å². The molecule has 0 amide bonds. The number of hydrogen-bond acceptors (Lipinski definition) is 0. The zero-order valence-electron chi connectivity index (χ0n) is 14.1. The van der Waals surface area contributed by atoms with Gasteiger partial charge in [-0.1, -0.05) is 76.6 Å². The third-order valence-electron chi connectivity index (χ3n) is 4.85. The van der Waals surface area contributed by atoms with Crippen LogP contribution in [0.2, 0.25) is 0 Å². The van der Waals surface area contributed by atoms with Crippen molar-refractivity contribution in [2.75, 3.05) is 0 Å². The van der Waals surface area contributed by atoms with Crippen LogP contribution >= 0.6 is 15.9 Å². The van der Waals surface area contributed by atoms with Gasteiger partial charge in [0.1, 0.15) is 0 Å². The minimum atomic E-state index is 1.10. The third-order valence-corrected chi connectivity index (χ3v) is 5.34. The van der Waals surface area contributed by atoms with Crippen molar-refractivity contribution < 1.29 is 0 Å². The van der Waals surface area contributed by atoms with Crippen LogP contribution < -0.4 is 0 Å². The molecule has 0 radical (unpaired) electrons. The standard InChI is InChI=1S/C24H16BrN/c25-19-13-14-24-22(16-19)21-11-4-5-12-23(21)26(24)20-10-6-9-18(15-20)17-7-2-1-3-8-17/h1-16H. The molecule has 0 N–H and O–H groups in total. The molecule has 0 fully saturated rings. The largest absolute Gasteiger partial charge is 0.309 e. The summed E-state index contributed by atoms with van der Waals surface area (Å²) in [5.74, 6) is 0. The van der Waals surface area contributed by atoms with Crippen LogP contribution in [0, 0.1) is 0 Å². The fourth-order valence-corrected chi connectivity index (χ4v) is 4.04. The molecule has 0 aliphatic carbocycles. The molecule has 5 aromatic rings. The second kappa shape index (κ2) is 6.15. The number of rotatable bonds is 2. The number of fused-ring (bicyclic) bond motifs is 3. The minimum Gasteiger partial charge on any atom is -0.309 e. The molecule has 2 heteroatoms. The number of hydrogen-bond donors (Lipinski definition) is 0. The van der Waals surface area contributed by atoms with Gasteiger partial charge in [0.15, 0.2) is 0 Å². The normalized spacial score (nSPS) is 11.3. The predicted molar refractivity (Wildman–Crippen MR) is 114 cm³/mol. The minimum absolute atomic E-state index is 1.10. The van der Waals surface area contributed by atoms with Crippen molar-refractivity contribution in [3.8, 4) is 16.8 Å². The maximum Gasteiger partial charge on any atom is 0.0541 e. The van der Waals surface area contributed by atoms with Gasteiger partial charge in [0, 0.05) is 20.9 Å². The van der Waals surface area contributed by atoms with Crippen LogP contribution in [-0.4, -0.2) is 4.57 Å². The smallest absolute Gasteiger partial charge is 0.0541 e. The Labute approximate surface area is 160 Å². The molecule has 1 nitrogen and oxygen atoms in total. The van der Waals surface area contributed by atoms with Crippen LogP contribution in [-0.2, 0) is 0 Å². The Morgan fingerprint density at radius 2 is 1.27 bits per heavy atom. The average Bonchev–Trinajstić information content (AvgIpc) is 3.02. The molecule has 0 saturated heterocycles. The summed E-state index contributed by atoms with van der Waals surface area (Å²) in [6, 6.07) is 34.4. The van der Waals surface area contributed by atoms with E-state index in [0.717, 1.165) is 4.47 Å². The number of halogens is 1. The second-order valence-corrected chi connectivity index (χ2v) is 7.35. The summed E-state index contributed by atoms with van der Waals surface area (Å²) >= 11 is 3.62. The topological polar surface area (TPSA) is 4.93 Å². The van der Waals surface area contributed by atoms with Crippen LogP contribution in [0.15, 0.2) is 102 Å². The van der Waals surface area contributed by atoms with E-state index in [4.69, 9.17) is 0 Å². The zero-order chi connectivity index (χ0) is 17.5. The lowest BCUT2D eigenvalue weighted by Crippen LogP contribution is -1.94. The quantitative estimate of drug-likeness (QED) is 0.296. The van der Waals surface area contributed by atoms with Crippen molar-refractivity contribution in [3.05, 3.63) is 102 Å². The Morgan fingerprint density at radius 1 is 0.538 bits per heavy atom. The van der Waals surface area contributed by atoms with Gasteiger partial charge in [0.25, 0.3) is 0 Å². The second-order valence-electron chi connectivity index (χ2n) is 6.43. The van der Waals surface area contributed by atoms with E-state index in [1.807, 2.05) is 0 Å². The van der Waals surface area contributed by atoms with E-state index in [1.54, 1.807) is 0 Å². The van der Waals surface area contributed by atoms with Crippen molar-refractivity contribution in [1.82, 2.24) is 4.57 Å². The summed E-state index contributed by atoms with van der Waals surface area (Å²) in [6.45, 7) is 0. The zero-order valence-corrected chi connectivity index (χ0v) is 15.6. The van der Waals surface area contributed by atoms with E-state index >= 15 is 0 Å². The number of aromatic nitrogens is 1. The Kier molecular flexibility index (Phi) is 3.65. The SMILES string of the molecule is Brc1ccc2c(c1)c1ccccc1n2-c1cccc(-c2ccccc2)c1. The Bertz CT molecular complexity index is 1240. The molecule has 0 saturated carbocycles. The van der Waals surface area contributed by atoms with Crippen molar-refractivity contribution in [1.29, 1.82) is 0 Å². The van der Waals surface area contributed by atoms with E-state index in [9.17, 15) is 0 Å². The van der Waals surface area contributed by atoms with E-state index in [0.29, 0.717) is 0 Å². The molecular formula is C24H16BrN. The van der Waals surface area contributed by atoms with Gasteiger partial charge in [0.2, 0.25) is 0 Å². The molecule has 0 aliphatic rings. The van der Waals surface area contributed by atoms with E-state index in [2.05, 4.69) is 118 Å². The maximum atomic E-state index is 3.62. The number of nitrogens with zero attached hydrogens (tertiary/aromatic N) is 1. The molecule has 0 spiro atoms. The molecule has 0 atom stereocenters. The molecule has 1 aromatic heterocycles. The summed E-state index contributed by atoms with van der Waals surface area (Å²) in [7, 11) is 0. The first-order chi connectivity index (χ1) is 12.8. The van der Waals surface area contributed by atoms with Crippen molar-refractivity contribution >= 4 is 37.7 Å². The molecular weight excluding hydrogens is 382 g/mol.